The van der Waals surface area contributed by atoms with Gasteiger partial charge in [-0.05, 0) is 5.28 Å². The molecule has 1 aliphatic rings. The molecule has 1 N–H and O–H groups in total. The van der Waals surface area contributed by atoms with Crippen LogP contribution in [0.1, 0.15) is 0 Å². The maximum atomic E-state index is 10.2. The zero-order valence-corrected chi connectivity index (χ0v) is 4.60. The molecule has 0 amide bonds. The largest absolute Gasteiger partial charge is 0.737 e. The zero-order valence-electron chi connectivity index (χ0n) is 4.60. The maximum absolute atomic E-state index is 10.2. The van der Waals surface area contributed by atoms with Gasteiger partial charge in [0.05, 0.1) is 0 Å². The molecule has 0 aliphatic carbocycles. The molecule has 6 heteroatoms. The smallest absolute Gasteiger partial charge is 0.105 e. The second-order valence-electron chi connectivity index (χ2n) is 1.86. The number of hydrogen-bond donors (Lipinski definition) is 1. The molecule has 1 fully saturated rings. The summed E-state index contributed by atoms with van der Waals surface area (Å²) in [5.41, 5.74) is 0. The van der Waals surface area contributed by atoms with Gasteiger partial charge in [0.1, 0.15) is 19.2 Å². The Morgan fingerprint density at radius 3 is 2.56 bits per heavy atom. The standard InChI is InChI=1S/C3H7N3O3/c7-3-1-5(2-3)6(9)4-8/h3,7-8H,1-2H2/p-1/b6-4+. The lowest BCUT2D eigenvalue weighted by Gasteiger charge is -2.31. The van der Waals surface area contributed by atoms with Gasteiger partial charge < -0.3 is 15.5 Å². The molecule has 1 saturated heterocycles. The van der Waals surface area contributed by atoms with Crippen LogP contribution in [0.3, 0.4) is 0 Å². The molecule has 0 unspecified atom stereocenters. The molecule has 1 rings (SSSR count). The van der Waals surface area contributed by atoms with Crippen molar-refractivity contribution in [2.24, 2.45) is 5.28 Å². The normalized spacial score (nSPS) is 21.9. The van der Waals surface area contributed by atoms with Crippen molar-refractivity contribution < 1.29 is 10.1 Å². The first-order valence-corrected chi connectivity index (χ1v) is 2.47. The quantitative estimate of drug-likeness (QED) is 0.283. The van der Waals surface area contributed by atoms with Gasteiger partial charge in [0, 0.05) is 4.97 Å². The van der Waals surface area contributed by atoms with Crippen LogP contribution in [0.2, 0.25) is 0 Å². The highest BCUT2D eigenvalue weighted by Gasteiger charge is 2.30. The molecule has 6 nitrogen and oxygen atoms in total. The number of aliphatic hydroxyl groups is 1. The molecule has 0 saturated carbocycles. The lowest BCUT2D eigenvalue weighted by Crippen LogP contribution is -2.53. The Balaban J connectivity index is 2.32. The molecule has 9 heavy (non-hydrogen) atoms. The van der Waals surface area contributed by atoms with Crippen LogP contribution in [0.4, 0.5) is 0 Å². The van der Waals surface area contributed by atoms with E-state index in [0.29, 0.717) is 0 Å². The zero-order chi connectivity index (χ0) is 6.85. The van der Waals surface area contributed by atoms with Gasteiger partial charge in [-0.25, -0.2) is 0 Å². The van der Waals surface area contributed by atoms with E-state index in [1.807, 2.05) is 0 Å². The molecule has 1 aliphatic heterocycles. The van der Waals surface area contributed by atoms with Crippen LogP contribution in [-0.2, 0) is 0 Å². The Bertz CT molecular complexity index is 130. The van der Waals surface area contributed by atoms with E-state index in [1.54, 1.807) is 0 Å². The lowest BCUT2D eigenvalue weighted by atomic mass is 10.2. The van der Waals surface area contributed by atoms with Crippen LogP contribution < -0.4 is 0 Å². The van der Waals surface area contributed by atoms with Gasteiger partial charge >= 0.3 is 0 Å². The van der Waals surface area contributed by atoms with E-state index in [-0.39, 0.29) is 18.1 Å². The van der Waals surface area contributed by atoms with Gasteiger partial charge in [0.2, 0.25) is 0 Å². The molecule has 0 radical (unpaired) electrons. The molecule has 0 atom stereocenters. The molecular weight excluding hydrogens is 126 g/mol. The lowest BCUT2D eigenvalue weighted by molar-refractivity contribution is -0.707. The van der Waals surface area contributed by atoms with E-state index < -0.39 is 6.10 Å². The predicted octanol–water partition coefficient (Wildman–Crippen LogP) is -0.962. The second-order valence-corrected chi connectivity index (χ2v) is 1.86. The fraction of sp³-hybridized carbons (Fsp3) is 1.00. The average Bonchev–Trinajstić information content (AvgIpc) is 1.79. The summed E-state index contributed by atoms with van der Waals surface area (Å²) in [5.74, 6) is 0. The Morgan fingerprint density at radius 1 is 1.67 bits per heavy atom. The van der Waals surface area contributed by atoms with Crippen LogP contribution in [0.15, 0.2) is 5.28 Å². The number of hydrazine groups is 1. The van der Waals surface area contributed by atoms with Crippen LogP contribution in [0, 0.1) is 10.4 Å². The fourth-order valence-corrected chi connectivity index (χ4v) is 0.624. The summed E-state index contributed by atoms with van der Waals surface area (Å²) >= 11 is 0. The minimum Gasteiger partial charge on any atom is -0.737 e. The van der Waals surface area contributed by atoms with Crippen molar-refractivity contribution >= 4 is 0 Å². The summed E-state index contributed by atoms with van der Waals surface area (Å²) in [6, 6.07) is 0. The summed E-state index contributed by atoms with van der Waals surface area (Å²) in [7, 11) is 0. The number of aliphatic hydroxyl groups excluding tert-OH is 1. The van der Waals surface area contributed by atoms with E-state index in [9.17, 15) is 10.4 Å². The van der Waals surface area contributed by atoms with Crippen molar-refractivity contribution in [2.75, 3.05) is 13.1 Å². The van der Waals surface area contributed by atoms with E-state index in [1.165, 1.54) is 0 Å². The first kappa shape index (κ1) is 6.09. The van der Waals surface area contributed by atoms with Crippen molar-refractivity contribution in [1.29, 1.82) is 0 Å². The summed E-state index contributed by atoms with van der Waals surface area (Å²) in [4.78, 5) is -0.0628. The molecular formula is C3H6N3O3-. The molecule has 0 aromatic heterocycles. The van der Waals surface area contributed by atoms with Gasteiger partial charge in [-0.3, -0.25) is 0 Å². The average molecular weight is 132 g/mol. The molecule has 0 aromatic rings. The van der Waals surface area contributed by atoms with Gasteiger partial charge in [0.25, 0.3) is 0 Å². The van der Waals surface area contributed by atoms with Crippen LogP contribution >= 0.6 is 0 Å². The van der Waals surface area contributed by atoms with Crippen LogP contribution in [0.5, 0.6) is 0 Å². The monoisotopic (exact) mass is 132 g/mol. The van der Waals surface area contributed by atoms with Crippen LogP contribution in [0.25, 0.3) is 0 Å². The third kappa shape index (κ3) is 1.02. The Labute approximate surface area is 51.1 Å². The molecule has 0 bridgehead atoms. The first-order valence-electron chi connectivity index (χ1n) is 2.47. The number of hydrogen-bond acceptors (Lipinski definition) is 4. The SMILES string of the molecule is [O-]/N=[N+](/[O-])N1CC(O)C1. The summed E-state index contributed by atoms with van der Waals surface area (Å²) < 4.78 is 0. The molecule has 0 spiro atoms. The van der Waals surface area contributed by atoms with Gasteiger partial charge in [-0.15, -0.1) is 5.01 Å². The fourth-order valence-electron chi connectivity index (χ4n) is 0.624. The molecule has 0 aromatic carbocycles. The summed E-state index contributed by atoms with van der Waals surface area (Å²) in [6.07, 6.45) is -0.483. The van der Waals surface area contributed by atoms with Crippen molar-refractivity contribution in [3.63, 3.8) is 0 Å². The van der Waals surface area contributed by atoms with E-state index in [2.05, 4.69) is 5.28 Å². The molecule has 52 valence electrons. The maximum Gasteiger partial charge on any atom is 0.105 e. The Kier molecular flexibility index (Phi) is 1.39. The van der Waals surface area contributed by atoms with Crippen molar-refractivity contribution in [3.05, 3.63) is 10.4 Å². The topological polar surface area (TPSA) is 85.0 Å². The summed E-state index contributed by atoms with van der Waals surface area (Å²) in [6.45, 7) is 0.407. The minimum atomic E-state index is -0.483. The van der Waals surface area contributed by atoms with E-state index >= 15 is 0 Å². The highest BCUT2D eigenvalue weighted by atomic mass is 16.6. The number of rotatable bonds is 1. The summed E-state index contributed by atoms with van der Waals surface area (Å²) in [5, 5.41) is 31.5. The minimum absolute atomic E-state index is 0.0628. The second kappa shape index (κ2) is 2.06. The van der Waals surface area contributed by atoms with Crippen molar-refractivity contribution in [3.8, 4) is 0 Å². The third-order valence-electron chi connectivity index (χ3n) is 1.15. The Morgan fingerprint density at radius 2 is 2.22 bits per heavy atom. The number of nitrogens with zero attached hydrogens (tertiary/aromatic N) is 3. The Hall–Kier alpha value is -1.04. The van der Waals surface area contributed by atoms with Crippen LogP contribution in [-0.4, -0.2) is 34.3 Å². The first-order chi connectivity index (χ1) is 4.24. The van der Waals surface area contributed by atoms with Gasteiger partial charge in [-0.2, -0.15) is 0 Å². The third-order valence-corrected chi connectivity index (χ3v) is 1.15. The highest BCUT2D eigenvalue weighted by Crippen LogP contribution is 2.06. The van der Waals surface area contributed by atoms with E-state index in [4.69, 9.17) is 5.11 Å². The number of β-amino-alcohol motifs (C(OH)–C–C–N with tert-alkyl or cyclic N) is 1. The van der Waals surface area contributed by atoms with Gasteiger partial charge in [0.15, 0.2) is 0 Å². The predicted molar refractivity (Wildman–Crippen MR) is 27.0 cm³/mol. The van der Waals surface area contributed by atoms with Crippen molar-refractivity contribution in [1.82, 2.24) is 5.01 Å². The van der Waals surface area contributed by atoms with Crippen molar-refractivity contribution in [2.45, 2.75) is 6.10 Å². The van der Waals surface area contributed by atoms with Gasteiger partial charge in [-0.1, -0.05) is 0 Å². The highest BCUT2D eigenvalue weighted by molar-refractivity contribution is 4.70. The molecule has 1 heterocycles. The van der Waals surface area contributed by atoms with E-state index in [0.717, 1.165) is 5.01 Å².